The van der Waals surface area contributed by atoms with Crippen LogP contribution < -0.4 is 5.32 Å². The largest absolute Gasteiger partial charge is 0.347 e. The van der Waals surface area contributed by atoms with Crippen molar-refractivity contribution in [2.45, 2.75) is 40.2 Å². The molecule has 1 radical (unpaired) electrons. The van der Waals surface area contributed by atoms with Crippen LogP contribution in [0.4, 0.5) is 5.95 Å². The Morgan fingerprint density at radius 2 is 2.00 bits per heavy atom. The fourth-order valence-electron chi connectivity index (χ4n) is 1.82. The van der Waals surface area contributed by atoms with Crippen molar-refractivity contribution in [3.05, 3.63) is 38.9 Å². The monoisotopic (exact) mass is 398 g/mol. The van der Waals surface area contributed by atoms with E-state index in [4.69, 9.17) is 11.6 Å². The van der Waals surface area contributed by atoms with E-state index in [1.807, 2.05) is 32.9 Å². The van der Waals surface area contributed by atoms with Crippen LogP contribution in [-0.4, -0.2) is 15.0 Å². The van der Waals surface area contributed by atoms with Crippen LogP contribution in [0, 0.1) is 12.8 Å². The third kappa shape index (κ3) is 5.17. The van der Waals surface area contributed by atoms with E-state index in [1.165, 1.54) is 4.88 Å². The zero-order valence-electron chi connectivity index (χ0n) is 12.6. The fourth-order valence-corrected chi connectivity index (χ4v) is 3.01. The summed E-state index contributed by atoms with van der Waals surface area (Å²) in [6.07, 6.45) is 0.936. The molecular weight excluding hydrogens is 381 g/mol. The van der Waals surface area contributed by atoms with Gasteiger partial charge >= 0.3 is 0 Å². The molecule has 0 aromatic carbocycles. The number of halogens is 1. The van der Waals surface area contributed by atoms with Crippen LogP contribution in [0.3, 0.4) is 0 Å². The van der Waals surface area contributed by atoms with Gasteiger partial charge in [-0.3, -0.25) is 4.98 Å². The molecule has 0 spiro atoms. The summed E-state index contributed by atoms with van der Waals surface area (Å²) >= 11 is 7.58. The SMILES string of the molecule is CCC(Nc1nc(C)nc([C-](C)C)n1)c1ccc(Cl)s1.[Y]. The Morgan fingerprint density at radius 3 is 2.52 bits per heavy atom. The molecule has 1 unspecified atom stereocenters. The Hall–Kier alpha value is -0.226. The van der Waals surface area contributed by atoms with Crippen LogP contribution in [0.5, 0.6) is 0 Å². The molecule has 0 aliphatic rings. The molecule has 0 saturated heterocycles. The maximum Gasteiger partial charge on any atom is 0.224 e. The van der Waals surface area contributed by atoms with E-state index in [1.54, 1.807) is 11.3 Å². The molecule has 2 rings (SSSR count). The summed E-state index contributed by atoms with van der Waals surface area (Å²) in [5.41, 5.74) is 0. The summed E-state index contributed by atoms with van der Waals surface area (Å²) < 4.78 is 0.797. The summed E-state index contributed by atoms with van der Waals surface area (Å²) in [6, 6.07) is 4.12. The number of hydrogen-bond donors (Lipinski definition) is 1. The zero-order chi connectivity index (χ0) is 14.7. The van der Waals surface area contributed by atoms with Crippen LogP contribution in [0.2, 0.25) is 4.34 Å². The fraction of sp³-hybridized carbons (Fsp3) is 0.429. The van der Waals surface area contributed by atoms with E-state index in [0.29, 0.717) is 5.95 Å². The van der Waals surface area contributed by atoms with E-state index in [2.05, 4.69) is 27.2 Å². The minimum Gasteiger partial charge on any atom is -0.347 e. The van der Waals surface area contributed by atoms with Crippen molar-refractivity contribution < 1.29 is 32.7 Å². The summed E-state index contributed by atoms with van der Waals surface area (Å²) in [6.45, 7) is 7.99. The molecule has 7 heteroatoms. The number of anilines is 1. The molecule has 0 aliphatic heterocycles. The zero-order valence-corrected chi connectivity index (χ0v) is 17.1. The van der Waals surface area contributed by atoms with Crippen molar-refractivity contribution in [2.75, 3.05) is 5.32 Å². The number of aromatic nitrogens is 3. The standard InChI is InChI=1S/C14H18ClN4S.Y/c1-5-10(11-6-7-12(15)20-11)18-14-17-9(4)16-13(19-14)8(2)3;/h6-7,10H,5H2,1-4H3,(H,16,17,18,19);/q-1;. The van der Waals surface area contributed by atoms with Crippen molar-refractivity contribution in [3.8, 4) is 0 Å². The van der Waals surface area contributed by atoms with Crippen LogP contribution in [0.25, 0.3) is 0 Å². The first-order valence-corrected chi connectivity index (χ1v) is 7.74. The number of rotatable bonds is 5. The average molecular weight is 399 g/mol. The van der Waals surface area contributed by atoms with Gasteiger partial charge in [-0.15, -0.1) is 11.3 Å². The minimum absolute atomic E-state index is 0. The predicted octanol–water partition coefficient (Wildman–Crippen LogP) is 4.42. The van der Waals surface area contributed by atoms with Gasteiger partial charge in [-0.05, 0) is 25.5 Å². The molecule has 0 aliphatic carbocycles. The number of nitrogens with zero attached hydrogens (tertiary/aromatic N) is 3. The normalized spacial score (nSPS) is 11.7. The van der Waals surface area contributed by atoms with Gasteiger partial charge in [0, 0.05) is 43.4 Å². The molecule has 0 bridgehead atoms. The number of nitrogens with one attached hydrogen (secondary N) is 1. The molecule has 0 amide bonds. The van der Waals surface area contributed by atoms with E-state index < -0.39 is 0 Å². The molecule has 2 aromatic heterocycles. The Morgan fingerprint density at radius 1 is 1.29 bits per heavy atom. The maximum atomic E-state index is 6.00. The molecule has 2 heterocycles. The molecule has 111 valence electrons. The topological polar surface area (TPSA) is 50.7 Å². The van der Waals surface area contributed by atoms with Gasteiger partial charge in [-0.2, -0.15) is 18.8 Å². The smallest absolute Gasteiger partial charge is 0.224 e. The maximum absolute atomic E-state index is 6.00. The molecule has 21 heavy (non-hydrogen) atoms. The second-order valence-electron chi connectivity index (χ2n) is 4.78. The first kappa shape index (κ1) is 18.8. The van der Waals surface area contributed by atoms with Crippen molar-refractivity contribution in [1.82, 2.24) is 15.0 Å². The van der Waals surface area contributed by atoms with Crippen molar-refractivity contribution >= 4 is 28.9 Å². The Balaban J connectivity index is 0.00000220. The van der Waals surface area contributed by atoms with Crippen molar-refractivity contribution in [3.63, 3.8) is 0 Å². The second-order valence-corrected chi connectivity index (χ2v) is 6.52. The average Bonchev–Trinajstić information content (AvgIpc) is 2.81. The van der Waals surface area contributed by atoms with E-state index >= 15 is 0 Å². The van der Waals surface area contributed by atoms with Gasteiger partial charge in [0.2, 0.25) is 5.95 Å². The van der Waals surface area contributed by atoms with E-state index in [-0.39, 0.29) is 38.8 Å². The molecule has 1 N–H and O–H groups in total. The Labute approximate surface area is 160 Å². The van der Waals surface area contributed by atoms with Crippen LogP contribution >= 0.6 is 22.9 Å². The molecule has 0 saturated carbocycles. The van der Waals surface area contributed by atoms with E-state index in [9.17, 15) is 0 Å². The molecule has 0 fully saturated rings. The Kier molecular flexibility index (Phi) is 7.54. The third-order valence-electron chi connectivity index (χ3n) is 2.84. The molecule has 1 atom stereocenters. The molecular formula is C14H18ClN4SY-. The number of thiophene rings is 1. The Bertz CT molecular complexity index is 588. The van der Waals surface area contributed by atoms with Gasteiger partial charge in [0.25, 0.3) is 0 Å². The predicted molar refractivity (Wildman–Crippen MR) is 84.2 cm³/mol. The first-order chi connectivity index (χ1) is 9.49. The molecule has 4 nitrogen and oxygen atoms in total. The number of aryl methyl sites for hydroxylation is 1. The minimum atomic E-state index is 0. The summed E-state index contributed by atoms with van der Waals surface area (Å²) in [4.78, 5) is 14.3. The van der Waals surface area contributed by atoms with Gasteiger partial charge in [-0.1, -0.05) is 18.5 Å². The number of hydrogen-bond acceptors (Lipinski definition) is 5. The second kappa shape index (κ2) is 8.42. The van der Waals surface area contributed by atoms with Crippen LogP contribution in [0.1, 0.15) is 49.8 Å². The van der Waals surface area contributed by atoms with Gasteiger partial charge in [0.05, 0.1) is 10.4 Å². The van der Waals surface area contributed by atoms with Gasteiger partial charge in [0.15, 0.2) is 0 Å². The third-order valence-corrected chi connectivity index (χ3v) is 4.19. The van der Waals surface area contributed by atoms with Gasteiger partial charge < -0.3 is 11.2 Å². The van der Waals surface area contributed by atoms with Crippen LogP contribution in [0.15, 0.2) is 12.1 Å². The van der Waals surface area contributed by atoms with Gasteiger partial charge in [0.1, 0.15) is 5.82 Å². The van der Waals surface area contributed by atoms with Crippen molar-refractivity contribution in [2.24, 2.45) is 0 Å². The van der Waals surface area contributed by atoms with Crippen LogP contribution in [-0.2, 0) is 32.7 Å². The van der Waals surface area contributed by atoms with E-state index in [0.717, 1.165) is 28.3 Å². The summed E-state index contributed by atoms with van der Waals surface area (Å²) in [5, 5.41) is 3.37. The van der Waals surface area contributed by atoms with Gasteiger partial charge in [-0.25, -0.2) is 4.98 Å². The summed E-state index contributed by atoms with van der Waals surface area (Å²) in [5.74, 6) is 3.15. The van der Waals surface area contributed by atoms with Crippen molar-refractivity contribution in [1.29, 1.82) is 0 Å². The summed E-state index contributed by atoms with van der Waals surface area (Å²) in [7, 11) is 0. The first-order valence-electron chi connectivity index (χ1n) is 6.54. The quantitative estimate of drug-likeness (QED) is 0.758. The molecule has 2 aromatic rings.